The first-order valence-corrected chi connectivity index (χ1v) is 9.85. The molecule has 1 atom stereocenters. The van der Waals surface area contributed by atoms with Crippen LogP contribution < -0.4 is 9.64 Å². The van der Waals surface area contributed by atoms with E-state index in [9.17, 15) is 9.59 Å². The van der Waals surface area contributed by atoms with Crippen LogP contribution in [0.3, 0.4) is 0 Å². The fourth-order valence-corrected chi connectivity index (χ4v) is 3.77. The van der Waals surface area contributed by atoms with E-state index in [1.165, 1.54) is 0 Å². The molecule has 3 rings (SSSR count). The fraction of sp³-hybridized carbons (Fsp3) is 0.524. The minimum Gasteiger partial charge on any atom is -0.486 e. The summed E-state index contributed by atoms with van der Waals surface area (Å²) in [7, 11) is 3.85. The van der Waals surface area contributed by atoms with Gasteiger partial charge in [-0.1, -0.05) is 0 Å². The number of benzene rings is 1. The number of rotatable bonds is 6. The molecule has 0 unspecified atom stereocenters. The van der Waals surface area contributed by atoms with E-state index >= 15 is 0 Å². The number of fused-ring (bicyclic) bond motifs is 2. The molecule has 0 spiro atoms. The Hall–Kier alpha value is -2.70. The van der Waals surface area contributed by atoms with Gasteiger partial charge in [-0.25, -0.2) is 4.79 Å². The van der Waals surface area contributed by atoms with Gasteiger partial charge in [-0.2, -0.15) is 0 Å². The first kappa shape index (κ1) is 20.0. The smallest absolute Gasteiger partial charge is 0.354 e. The first-order chi connectivity index (χ1) is 13.4. The van der Waals surface area contributed by atoms with Gasteiger partial charge in [0.2, 0.25) is 5.91 Å². The molecule has 28 heavy (non-hydrogen) atoms. The Morgan fingerprint density at radius 2 is 1.89 bits per heavy atom. The Morgan fingerprint density at radius 1 is 1.18 bits per heavy atom. The van der Waals surface area contributed by atoms with Crippen LogP contribution in [-0.2, 0) is 16.6 Å². The predicted molar refractivity (Wildman–Crippen MR) is 109 cm³/mol. The van der Waals surface area contributed by atoms with Gasteiger partial charge in [0.1, 0.15) is 17.5 Å². The van der Waals surface area contributed by atoms with Crippen molar-refractivity contribution in [3.8, 4) is 5.75 Å². The number of carbonyl (C=O) groups excluding carboxylic acids is 2. The number of aromatic nitrogens is 1. The lowest BCUT2D eigenvalue weighted by molar-refractivity contribution is -0.132. The number of nitrogens with zero attached hydrogens (tertiary/aromatic N) is 3. The van der Waals surface area contributed by atoms with Crippen LogP contribution in [0.1, 0.15) is 37.7 Å². The van der Waals surface area contributed by atoms with E-state index in [1.807, 2.05) is 55.6 Å². The van der Waals surface area contributed by atoms with E-state index in [0.717, 1.165) is 22.3 Å². The monoisotopic (exact) mass is 387 g/mol. The van der Waals surface area contributed by atoms with Crippen LogP contribution in [0.5, 0.6) is 5.75 Å². The van der Waals surface area contributed by atoms with Crippen molar-refractivity contribution in [1.29, 1.82) is 0 Å². The van der Waals surface area contributed by atoms with Crippen molar-refractivity contribution < 1.29 is 19.1 Å². The maximum atomic E-state index is 12.5. The van der Waals surface area contributed by atoms with Crippen LogP contribution >= 0.6 is 0 Å². The molecule has 1 aliphatic heterocycles. The van der Waals surface area contributed by atoms with Crippen LogP contribution in [0.2, 0.25) is 0 Å². The lowest BCUT2D eigenvalue weighted by Crippen LogP contribution is -2.42. The molecule has 2 heterocycles. The standard InChI is InChI=1S/C21H29N3O4/c1-6-24(7-2)20(25)11-15-13-22(4)17-12-16-14(10-19(17)28-15)9-18(23(16)5)21(26)27-8-3/h9-10,12,15H,6-8,11,13H2,1-5H3/t15-/m0/s1. The van der Waals surface area contributed by atoms with Gasteiger partial charge in [0.25, 0.3) is 0 Å². The Kier molecular flexibility index (Phi) is 5.82. The second kappa shape index (κ2) is 8.12. The average molecular weight is 387 g/mol. The van der Waals surface area contributed by atoms with Crippen molar-refractivity contribution in [2.45, 2.75) is 33.3 Å². The van der Waals surface area contributed by atoms with Crippen LogP contribution in [-0.4, -0.2) is 60.7 Å². The van der Waals surface area contributed by atoms with Crippen LogP contribution in [0.15, 0.2) is 18.2 Å². The van der Waals surface area contributed by atoms with E-state index in [-0.39, 0.29) is 18.0 Å². The average Bonchev–Trinajstić information content (AvgIpc) is 2.97. The molecule has 0 fully saturated rings. The van der Waals surface area contributed by atoms with Crippen molar-refractivity contribution in [2.24, 2.45) is 7.05 Å². The molecule has 0 bridgehead atoms. The number of hydrogen-bond donors (Lipinski definition) is 0. The normalized spacial score (nSPS) is 15.9. The maximum absolute atomic E-state index is 12.5. The molecule has 2 aromatic rings. The Bertz CT molecular complexity index is 885. The highest BCUT2D eigenvalue weighted by atomic mass is 16.5. The maximum Gasteiger partial charge on any atom is 0.354 e. The Labute approximate surface area is 165 Å². The minimum atomic E-state index is -0.337. The van der Waals surface area contributed by atoms with Gasteiger partial charge in [0, 0.05) is 32.6 Å². The SMILES string of the molecule is CCOC(=O)c1cc2cc3c(cc2n1C)N(C)C[C@H](CC(=O)N(CC)CC)O3. The second-order valence-corrected chi connectivity index (χ2v) is 7.08. The summed E-state index contributed by atoms with van der Waals surface area (Å²) in [5.41, 5.74) is 2.40. The van der Waals surface area contributed by atoms with E-state index < -0.39 is 0 Å². The van der Waals surface area contributed by atoms with Crippen LogP contribution in [0.25, 0.3) is 10.9 Å². The summed E-state index contributed by atoms with van der Waals surface area (Å²) in [6.07, 6.45) is 0.156. The Morgan fingerprint density at radius 3 is 2.54 bits per heavy atom. The zero-order valence-electron chi connectivity index (χ0n) is 17.3. The topological polar surface area (TPSA) is 64.0 Å². The predicted octanol–water partition coefficient (Wildman–Crippen LogP) is 2.81. The highest BCUT2D eigenvalue weighted by Gasteiger charge is 2.28. The van der Waals surface area contributed by atoms with E-state index in [1.54, 1.807) is 6.92 Å². The molecular weight excluding hydrogens is 358 g/mol. The van der Waals surface area contributed by atoms with Gasteiger partial charge in [0.05, 0.1) is 30.8 Å². The number of aryl methyl sites for hydroxylation is 1. The summed E-state index contributed by atoms with van der Waals surface area (Å²) in [6, 6.07) is 5.79. The summed E-state index contributed by atoms with van der Waals surface area (Å²) >= 11 is 0. The highest BCUT2D eigenvalue weighted by molar-refractivity contribution is 5.97. The molecule has 0 saturated carbocycles. The molecular formula is C21H29N3O4. The van der Waals surface area contributed by atoms with Gasteiger partial charge >= 0.3 is 5.97 Å². The molecule has 0 aliphatic carbocycles. The largest absolute Gasteiger partial charge is 0.486 e. The van der Waals surface area contributed by atoms with Crippen molar-refractivity contribution in [2.75, 3.05) is 38.2 Å². The first-order valence-electron chi connectivity index (χ1n) is 9.85. The van der Waals surface area contributed by atoms with Crippen molar-refractivity contribution >= 4 is 28.5 Å². The van der Waals surface area contributed by atoms with Gasteiger partial charge in [0.15, 0.2) is 0 Å². The van der Waals surface area contributed by atoms with Crippen molar-refractivity contribution in [1.82, 2.24) is 9.47 Å². The van der Waals surface area contributed by atoms with Crippen LogP contribution in [0, 0.1) is 0 Å². The summed E-state index contributed by atoms with van der Waals surface area (Å²) in [5, 5.41) is 0.911. The second-order valence-electron chi connectivity index (χ2n) is 7.08. The number of carbonyl (C=O) groups is 2. The molecule has 0 saturated heterocycles. The summed E-state index contributed by atoms with van der Waals surface area (Å²) in [4.78, 5) is 28.6. The highest BCUT2D eigenvalue weighted by Crippen LogP contribution is 2.38. The third-order valence-corrected chi connectivity index (χ3v) is 5.31. The third kappa shape index (κ3) is 3.66. The van der Waals surface area contributed by atoms with Gasteiger partial charge < -0.3 is 23.8 Å². The number of anilines is 1. The molecule has 1 aromatic heterocycles. The summed E-state index contributed by atoms with van der Waals surface area (Å²) < 4.78 is 13.2. The molecule has 1 amide bonds. The number of ether oxygens (including phenoxy) is 2. The molecule has 1 aromatic carbocycles. The number of esters is 1. The molecule has 152 valence electrons. The van der Waals surface area contributed by atoms with E-state index in [0.29, 0.717) is 38.4 Å². The number of amides is 1. The molecule has 0 N–H and O–H groups in total. The summed E-state index contributed by atoms with van der Waals surface area (Å²) in [5.74, 6) is 0.507. The van der Waals surface area contributed by atoms with Crippen LogP contribution in [0.4, 0.5) is 5.69 Å². The fourth-order valence-electron chi connectivity index (χ4n) is 3.77. The van der Waals surface area contributed by atoms with E-state index in [4.69, 9.17) is 9.47 Å². The third-order valence-electron chi connectivity index (χ3n) is 5.31. The van der Waals surface area contributed by atoms with Crippen molar-refractivity contribution in [3.05, 3.63) is 23.9 Å². The number of hydrogen-bond acceptors (Lipinski definition) is 5. The molecule has 1 aliphatic rings. The van der Waals surface area contributed by atoms with Gasteiger partial charge in [-0.05, 0) is 39.0 Å². The van der Waals surface area contributed by atoms with Gasteiger partial charge in [-0.3, -0.25) is 4.79 Å². The molecule has 7 heteroatoms. The van der Waals surface area contributed by atoms with Gasteiger partial charge in [-0.15, -0.1) is 0 Å². The lowest BCUT2D eigenvalue weighted by Gasteiger charge is -2.34. The number of likely N-dealkylation sites (N-methyl/N-ethyl adjacent to an activating group) is 1. The van der Waals surface area contributed by atoms with E-state index in [2.05, 4.69) is 4.90 Å². The zero-order chi connectivity index (χ0) is 20.4. The molecule has 7 nitrogen and oxygen atoms in total. The quantitative estimate of drug-likeness (QED) is 0.713. The summed E-state index contributed by atoms with van der Waals surface area (Å²) in [6.45, 7) is 8.15. The zero-order valence-corrected chi connectivity index (χ0v) is 17.3. The van der Waals surface area contributed by atoms with Crippen molar-refractivity contribution in [3.63, 3.8) is 0 Å². The lowest BCUT2D eigenvalue weighted by atomic mass is 10.1. The molecule has 0 radical (unpaired) electrons. The minimum absolute atomic E-state index is 0.109. The Balaban J connectivity index is 1.89.